The Bertz CT molecular complexity index is 291. The van der Waals surface area contributed by atoms with Crippen molar-refractivity contribution in [2.24, 2.45) is 5.73 Å². The van der Waals surface area contributed by atoms with E-state index in [1.165, 1.54) is 23.9 Å². The summed E-state index contributed by atoms with van der Waals surface area (Å²) in [6, 6.07) is 4.36. The number of benzene rings is 1. The van der Waals surface area contributed by atoms with E-state index in [9.17, 15) is 4.39 Å². The Balaban J connectivity index is 2.81. The monoisotopic (exact) mass is 200 g/mol. The van der Waals surface area contributed by atoms with Crippen molar-refractivity contribution in [1.82, 2.24) is 0 Å². The van der Waals surface area contributed by atoms with Crippen LogP contribution in [0.1, 0.15) is 6.92 Å². The third kappa shape index (κ3) is 2.90. The average Bonchev–Trinajstić information content (AvgIpc) is 2.11. The molecule has 1 aromatic rings. The minimum Gasteiger partial charge on any atom is -0.398 e. The number of hydrogen-bond acceptors (Lipinski definition) is 3. The molecule has 13 heavy (non-hydrogen) atoms. The number of hydrogen-bond donors (Lipinski definition) is 2. The molecule has 2 nitrogen and oxygen atoms in total. The van der Waals surface area contributed by atoms with Crippen molar-refractivity contribution in [3.63, 3.8) is 0 Å². The zero-order chi connectivity index (χ0) is 9.84. The van der Waals surface area contributed by atoms with Crippen LogP contribution in [0.25, 0.3) is 0 Å². The van der Waals surface area contributed by atoms with Crippen LogP contribution in [0.3, 0.4) is 0 Å². The van der Waals surface area contributed by atoms with Gasteiger partial charge in [0.1, 0.15) is 5.82 Å². The first-order chi connectivity index (χ1) is 6.13. The largest absolute Gasteiger partial charge is 0.398 e. The van der Waals surface area contributed by atoms with Crippen LogP contribution in [-0.4, -0.2) is 11.8 Å². The summed E-state index contributed by atoms with van der Waals surface area (Å²) < 4.78 is 12.8. The minimum atomic E-state index is -0.263. The van der Waals surface area contributed by atoms with Crippen LogP contribution < -0.4 is 11.5 Å². The summed E-state index contributed by atoms with van der Waals surface area (Å²) in [4.78, 5) is 0.762. The van der Waals surface area contributed by atoms with E-state index in [2.05, 4.69) is 0 Å². The molecule has 4 N–H and O–H groups in total. The molecular formula is C9H13FN2S. The van der Waals surface area contributed by atoms with E-state index in [4.69, 9.17) is 11.5 Å². The normalized spacial score (nSPS) is 12.8. The average molecular weight is 200 g/mol. The molecule has 0 amide bonds. The molecule has 1 atom stereocenters. The van der Waals surface area contributed by atoms with Gasteiger partial charge < -0.3 is 11.5 Å². The molecule has 0 aromatic heterocycles. The van der Waals surface area contributed by atoms with Crippen molar-refractivity contribution in [3.8, 4) is 0 Å². The van der Waals surface area contributed by atoms with Gasteiger partial charge in [-0.15, -0.1) is 11.8 Å². The Kier molecular flexibility index (Phi) is 3.57. The van der Waals surface area contributed by atoms with E-state index >= 15 is 0 Å². The molecule has 1 unspecified atom stereocenters. The maximum Gasteiger partial charge on any atom is 0.124 e. The van der Waals surface area contributed by atoms with Crippen molar-refractivity contribution in [1.29, 1.82) is 0 Å². The molecule has 1 rings (SSSR count). The molecular weight excluding hydrogens is 187 g/mol. The number of halogens is 1. The molecule has 0 aliphatic rings. The van der Waals surface area contributed by atoms with E-state index in [1.54, 1.807) is 6.07 Å². The highest BCUT2D eigenvalue weighted by Gasteiger charge is 2.06. The summed E-state index contributed by atoms with van der Waals surface area (Å²) in [7, 11) is 0. The first kappa shape index (κ1) is 10.3. The van der Waals surface area contributed by atoms with Gasteiger partial charge in [0.25, 0.3) is 0 Å². The Morgan fingerprint density at radius 1 is 1.54 bits per heavy atom. The molecule has 0 saturated carbocycles. The standard InChI is InChI=1S/C9H13FN2S/c1-6(5-11)13-9-4-7(10)2-3-8(9)12/h2-4,6H,5,11-12H2,1H3. The quantitative estimate of drug-likeness (QED) is 0.578. The van der Waals surface area contributed by atoms with Gasteiger partial charge in [-0.05, 0) is 18.2 Å². The van der Waals surface area contributed by atoms with Gasteiger partial charge in [-0.25, -0.2) is 4.39 Å². The molecule has 0 heterocycles. The lowest BCUT2D eigenvalue weighted by Gasteiger charge is -2.09. The molecule has 0 bridgehead atoms. The van der Waals surface area contributed by atoms with E-state index < -0.39 is 0 Å². The number of rotatable bonds is 3. The van der Waals surface area contributed by atoms with E-state index in [-0.39, 0.29) is 11.1 Å². The van der Waals surface area contributed by atoms with Crippen LogP contribution in [0.5, 0.6) is 0 Å². The number of anilines is 1. The maximum absolute atomic E-state index is 12.8. The number of nitrogens with two attached hydrogens (primary N) is 2. The number of thioether (sulfide) groups is 1. The molecule has 72 valence electrons. The van der Waals surface area contributed by atoms with E-state index in [1.807, 2.05) is 6.92 Å². The summed E-state index contributed by atoms with van der Waals surface area (Å²) in [6.07, 6.45) is 0. The smallest absolute Gasteiger partial charge is 0.124 e. The van der Waals surface area contributed by atoms with Gasteiger partial charge in [-0.3, -0.25) is 0 Å². The maximum atomic E-state index is 12.8. The van der Waals surface area contributed by atoms with Crippen LogP contribution in [0.4, 0.5) is 10.1 Å². The van der Waals surface area contributed by atoms with Crippen molar-refractivity contribution < 1.29 is 4.39 Å². The highest BCUT2D eigenvalue weighted by molar-refractivity contribution is 8.00. The molecule has 0 aliphatic carbocycles. The van der Waals surface area contributed by atoms with Gasteiger partial charge in [-0.1, -0.05) is 6.92 Å². The Morgan fingerprint density at radius 2 is 2.23 bits per heavy atom. The van der Waals surface area contributed by atoms with Crippen LogP contribution in [-0.2, 0) is 0 Å². The molecule has 4 heteroatoms. The fraction of sp³-hybridized carbons (Fsp3) is 0.333. The lowest BCUT2D eigenvalue weighted by Crippen LogP contribution is -2.12. The second-order valence-corrected chi connectivity index (χ2v) is 4.33. The predicted octanol–water partition coefficient (Wildman–Crippen LogP) is 1.85. The summed E-state index contributed by atoms with van der Waals surface area (Å²) >= 11 is 1.49. The molecule has 1 aromatic carbocycles. The van der Waals surface area contributed by atoms with Crippen molar-refractivity contribution >= 4 is 17.4 Å². The summed E-state index contributed by atoms with van der Waals surface area (Å²) in [6.45, 7) is 2.54. The van der Waals surface area contributed by atoms with Gasteiger partial charge in [0.2, 0.25) is 0 Å². The zero-order valence-electron chi connectivity index (χ0n) is 7.46. The zero-order valence-corrected chi connectivity index (χ0v) is 8.27. The highest BCUT2D eigenvalue weighted by Crippen LogP contribution is 2.28. The highest BCUT2D eigenvalue weighted by atomic mass is 32.2. The van der Waals surface area contributed by atoms with Gasteiger partial charge >= 0.3 is 0 Å². The lowest BCUT2D eigenvalue weighted by atomic mass is 10.3. The Morgan fingerprint density at radius 3 is 2.85 bits per heavy atom. The van der Waals surface area contributed by atoms with Gasteiger partial charge in [-0.2, -0.15) is 0 Å². The fourth-order valence-electron chi connectivity index (χ4n) is 0.875. The van der Waals surface area contributed by atoms with Gasteiger partial charge in [0.05, 0.1) is 0 Å². The predicted molar refractivity (Wildman–Crippen MR) is 55.2 cm³/mol. The lowest BCUT2D eigenvalue weighted by molar-refractivity contribution is 0.624. The van der Waals surface area contributed by atoms with Crippen LogP contribution in [0.15, 0.2) is 23.1 Å². The summed E-state index contributed by atoms with van der Waals surface area (Å²) in [5, 5.41) is 0.254. The molecule has 0 spiro atoms. The summed E-state index contributed by atoms with van der Waals surface area (Å²) in [5.74, 6) is -0.263. The van der Waals surface area contributed by atoms with Crippen molar-refractivity contribution in [3.05, 3.63) is 24.0 Å². The van der Waals surface area contributed by atoms with Crippen LogP contribution >= 0.6 is 11.8 Å². The van der Waals surface area contributed by atoms with Crippen molar-refractivity contribution in [2.45, 2.75) is 17.1 Å². The second-order valence-electron chi connectivity index (χ2n) is 2.85. The SMILES string of the molecule is CC(CN)Sc1cc(F)ccc1N. The van der Waals surface area contributed by atoms with E-state index in [0.717, 1.165) is 4.90 Å². The van der Waals surface area contributed by atoms with E-state index in [0.29, 0.717) is 12.2 Å². The summed E-state index contributed by atoms with van der Waals surface area (Å²) in [5.41, 5.74) is 11.7. The fourth-order valence-corrected chi connectivity index (χ4v) is 1.79. The molecule has 0 fully saturated rings. The molecule has 0 radical (unpaired) electrons. The Labute approximate surface area is 81.5 Å². The first-order valence-electron chi connectivity index (χ1n) is 4.05. The topological polar surface area (TPSA) is 52.0 Å². The first-order valence-corrected chi connectivity index (χ1v) is 4.93. The third-order valence-electron chi connectivity index (χ3n) is 1.64. The molecule has 0 aliphatic heterocycles. The van der Waals surface area contributed by atoms with Crippen LogP contribution in [0, 0.1) is 5.82 Å². The van der Waals surface area contributed by atoms with Gasteiger partial charge in [0, 0.05) is 22.4 Å². The minimum absolute atomic E-state index is 0.254. The molecule has 0 saturated heterocycles. The Hall–Kier alpha value is -0.740. The third-order valence-corrected chi connectivity index (χ3v) is 2.84. The van der Waals surface area contributed by atoms with Crippen molar-refractivity contribution in [2.75, 3.05) is 12.3 Å². The van der Waals surface area contributed by atoms with Gasteiger partial charge in [0.15, 0.2) is 0 Å². The second kappa shape index (κ2) is 4.48. The number of nitrogen functional groups attached to an aromatic ring is 1. The van der Waals surface area contributed by atoms with Crippen LogP contribution in [0.2, 0.25) is 0 Å².